The second-order valence-electron chi connectivity index (χ2n) is 7.34. The highest BCUT2D eigenvalue weighted by Gasteiger charge is 2.42. The summed E-state index contributed by atoms with van der Waals surface area (Å²) in [5, 5.41) is 3.03. The summed E-state index contributed by atoms with van der Waals surface area (Å²) in [4.78, 5) is 27.2. The predicted molar refractivity (Wildman–Crippen MR) is 105 cm³/mol. The molecule has 1 aliphatic rings. The minimum absolute atomic E-state index is 0.00243. The molecule has 1 saturated heterocycles. The molecule has 6 heteroatoms. The van der Waals surface area contributed by atoms with Crippen molar-refractivity contribution in [3.8, 4) is 11.5 Å². The van der Waals surface area contributed by atoms with Gasteiger partial charge in [0.05, 0.1) is 20.1 Å². The number of benzene rings is 1. The lowest BCUT2D eigenvalue weighted by Gasteiger charge is -2.21. The van der Waals surface area contributed by atoms with Crippen LogP contribution in [0.3, 0.4) is 0 Å². The van der Waals surface area contributed by atoms with E-state index >= 15 is 0 Å². The Kier molecular flexibility index (Phi) is 7.51. The Morgan fingerprint density at radius 3 is 2.56 bits per heavy atom. The van der Waals surface area contributed by atoms with Crippen molar-refractivity contribution in [1.82, 2.24) is 10.2 Å². The molecule has 1 N–H and O–H groups in total. The van der Waals surface area contributed by atoms with Gasteiger partial charge in [-0.05, 0) is 12.5 Å². The highest BCUT2D eigenvalue weighted by atomic mass is 16.5. The number of hydrogen-bond donors (Lipinski definition) is 1. The lowest BCUT2D eigenvalue weighted by atomic mass is 9.87. The molecular formula is C21H32N2O4. The van der Waals surface area contributed by atoms with Crippen LogP contribution < -0.4 is 14.8 Å². The van der Waals surface area contributed by atoms with Crippen LogP contribution in [0.15, 0.2) is 18.2 Å². The summed E-state index contributed by atoms with van der Waals surface area (Å²) in [6.45, 7) is 7.46. The first-order chi connectivity index (χ1) is 12.9. The Hall–Kier alpha value is -2.24. The zero-order valence-electron chi connectivity index (χ0n) is 17.1. The third kappa shape index (κ3) is 4.73. The number of likely N-dealkylation sites (tertiary alicyclic amines) is 1. The Morgan fingerprint density at radius 2 is 1.96 bits per heavy atom. The lowest BCUT2D eigenvalue weighted by molar-refractivity contribution is -0.133. The van der Waals surface area contributed by atoms with Crippen molar-refractivity contribution < 1.29 is 19.1 Å². The van der Waals surface area contributed by atoms with Gasteiger partial charge in [-0.2, -0.15) is 0 Å². The number of nitrogens with one attached hydrogen (secondary N) is 1. The molecule has 2 amide bonds. The number of ether oxygens (including phenoxy) is 2. The average Bonchev–Trinajstić information content (AvgIpc) is 3.11. The summed E-state index contributed by atoms with van der Waals surface area (Å²) in [5.74, 6) is 0.816. The van der Waals surface area contributed by atoms with E-state index in [1.165, 1.54) is 0 Å². The zero-order chi connectivity index (χ0) is 20.0. The summed E-state index contributed by atoms with van der Waals surface area (Å²) in [7, 11) is 3.20. The molecule has 1 fully saturated rings. The fraction of sp³-hybridized carbons (Fsp3) is 0.619. The van der Waals surface area contributed by atoms with Crippen LogP contribution in [0.4, 0.5) is 0 Å². The molecule has 1 aromatic carbocycles. The number of methoxy groups -OCH3 is 2. The van der Waals surface area contributed by atoms with Crippen molar-refractivity contribution in [2.24, 2.45) is 11.8 Å². The normalized spacial score (nSPS) is 19.3. The molecule has 0 radical (unpaired) electrons. The lowest BCUT2D eigenvalue weighted by Crippen LogP contribution is -2.37. The molecule has 27 heavy (non-hydrogen) atoms. The molecule has 1 aliphatic heterocycles. The maximum atomic E-state index is 12.9. The van der Waals surface area contributed by atoms with E-state index < -0.39 is 0 Å². The van der Waals surface area contributed by atoms with Crippen LogP contribution in [0.2, 0.25) is 0 Å². The molecule has 0 aliphatic carbocycles. The molecule has 0 aromatic heterocycles. The summed E-state index contributed by atoms with van der Waals surface area (Å²) < 4.78 is 11.0. The van der Waals surface area contributed by atoms with Gasteiger partial charge in [-0.1, -0.05) is 39.3 Å². The first-order valence-corrected chi connectivity index (χ1v) is 9.71. The first kappa shape index (κ1) is 21.1. The number of carbonyl (C=O) groups excluding carboxylic acids is 2. The van der Waals surface area contributed by atoms with Crippen LogP contribution in [-0.4, -0.2) is 50.6 Å². The SMILES string of the molecule is CCCCNC(=O)C1CN(C(=O)C(C)C)CC1c1cccc(OC)c1OC. The maximum Gasteiger partial charge on any atom is 0.225 e. The van der Waals surface area contributed by atoms with Crippen LogP contribution in [0.1, 0.15) is 45.1 Å². The van der Waals surface area contributed by atoms with E-state index in [0.29, 0.717) is 31.1 Å². The molecule has 1 heterocycles. The van der Waals surface area contributed by atoms with Crippen LogP contribution in [-0.2, 0) is 9.59 Å². The van der Waals surface area contributed by atoms with E-state index in [9.17, 15) is 9.59 Å². The second-order valence-corrected chi connectivity index (χ2v) is 7.34. The summed E-state index contributed by atoms with van der Waals surface area (Å²) in [5.41, 5.74) is 0.909. The van der Waals surface area contributed by atoms with E-state index in [-0.39, 0.29) is 29.6 Å². The Bertz CT molecular complexity index is 660. The smallest absolute Gasteiger partial charge is 0.225 e. The van der Waals surface area contributed by atoms with Crippen LogP contribution in [0.25, 0.3) is 0 Å². The minimum Gasteiger partial charge on any atom is -0.493 e. The van der Waals surface area contributed by atoms with Crippen molar-refractivity contribution in [3.05, 3.63) is 23.8 Å². The third-order valence-electron chi connectivity index (χ3n) is 5.12. The number of nitrogens with zero attached hydrogens (tertiary/aromatic N) is 1. The molecule has 0 spiro atoms. The number of para-hydroxylation sites is 1. The summed E-state index contributed by atoms with van der Waals surface area (Å²) in [6, 6.07) is 5.70. The van der Waals surface area contributed by atoms with E-state index in [2.05, 4.69) is 12.2 Å². The van der Waals surface area contributed by atoms with Gasteiger partial charge < -0.3 is 19.7 Å². The van der Waals surface area contributed by atoms with Crippen molar-refractivity contribution in [2.45, 2.75) is 39.5 Å². The van der Waals surface area contributed by atoms with Crippen molar-refractivity contribution >= 4 is 11.8 Å². The number of unbranched alkanes of at least 4 members (excludes halogenated alkanes) is 1. The summed E-state index contributed by atoms with van der Waals surface area (Å²) in [6.07, 6.45) is 1.97. The van der Waals surface area contributed by atoms with Gasteiger partial charge in [0, 0.05) is 37.0 Å². The highest BCUT2D eigenvalue weighted by Crippen LogP contribution is 2.42. The van der Waals surface area contributed by atoms with E-state index in [1.807, 2.05) is 32.0 Å². The van der Waals surface area contributed by atoms with Gasteiger partial charge in [-0.3, -0.25) is 9.59 Å². The molecule has 2 atom stereocenters. The largest absolute Gasteiger partial charge is 0.493 e. The van der Waals surface area contributed by atoms with Gasteiger partial charge in [0.2, 0.25) is 11.8 Å². The molecule has 2 unspecified atom stereocenters. The topological polar surface area (TPSA) is 67.9 Å². The first-order valence-electron chi connectivity index (χ1n) is 9.71. The van der Waals surface area contributed by atoms with E-state index in [0.717, 1.165) is 18.4 Å². The standard InChI is InChI=1S/C21H32N2O4/c1-6-7-11-22-20(24)17-13-23(21(25)14(2)3)12-16(17)15-9-8-10-18(26-4)19(15)27-5/h8-10,14,16-17H,6-7,11-13H2,1-5H3,(H,22,24). The summed E-state index contributed by atoms with van der Waals surface area (Å²) >= 11 is 0. The van der Waals surface area contributed by atoms with Gasteiger partial charge in [0.15, 0.2) is 11.5 Å². The molecule has 150 valence electrons. The maximum absolute atomic E-state index is 12.9. The molecular weight excluding hydrogens is 344 g/mol. The minimum atomic E-state index is -0.300. The molecule has 2 rings (SSSR count). The number of rotatable bonds is 8. The van der Waals surface area contributed by atoms with Gasteiger partial charge in [-0.25, -0.2) is 0 Å². The second kappa shape index (κ2) is 9.62. The molecule has 1 aromatic rings. The van der Waals surface area contributed by atoms with Gasteiger partial charge in [0.1, 0.15) is 0 Å². The van der Waals surface area contributed by atoms with E-state index in [4.69, 9.17) is 9.47 Å². The zero-order valence-corrected chi connectivity index (χ0v) is 17.1. The molecule has 6 nitrogen and oxygen atoms in total. The average molecular weight is 376 g/mol. The Labute approximate surface area is 162 Å². The van der Waals surface area contributed by atoms with Gasteiger partial charge in [-0.15, -0.1) is 0 Å². The fourth-order valence-electron chi connectivity index (χ4n) is 3.65. The quantitative estimate of drug-likeness (QED) is 0.709. The number of amides is 2. The van der Waals surface area contributed by atoms with Crippen LogP contribution >= 0.6 is 0 Å². The van der Waals surface area contributed by atoms with Gasteiger partial charge in [0.25, 0.3) is 0 Å². The molecule has 0 saturated carbocycles. The number of hydrogen-bond acceptors (Lipinski definition) is 4. The monoisotopic (exact) mass is 376 g/mol. The van der Waals surface area contributed by atoms with Crippen molar-refractivity contribution in [3.63, 3.8) is 0 Å². The Balaban J connectivity index is 2.34. The van der Waals surface area contributed by atoms with Gasteiger partial charge >= 0.3 is 0 Å². The number of carbonyl (C=O) groups is 2. The Morgan fingerprint density at radius 1 is 1.22 bits per heavy atom. The highest BCUT2D eigenvalue weighted by molar-refractivity contribution is 5.84. The van der Waals surface area contributed by atoms with Crippen molar-refractivity contribution in [1.29, 1.82) is 0 Å². The third-order valence-corrected chi connectivity index (χ3v) is 5.12. The van der Waals surface area contributed by atoms with Crippen LogP contribution in [0.5, 0.6) is 11.5 Å². The van der Waals surface area contributed by atoms with Crippen LogP contribution in [0, 0.1) is 11.8 Å². The van der Waals surface area contributed by atoms with Crippen molar-refractivity contribution in [2.75, 3.05) is 33.9 Å². The molecule has 0 bridgehead atoms. The fourth-order valence-corrected chi connectivity index (χ4v) is 3.65. The van der Waals surface area contributed by atoms with E-state index in [1.54, 1.807) is 19.1 Å². The predicted octanol–water partition coefficient (Wildman–Crippen LogP) is 2.82.